The van der Waals surface area contributed by atoms with Crippen LogP contribution in [0.2, 0.25) is 0 Å². The molecular formula is C15H16N2O5S. The molecule has 0 aliphatic rings. The molecule has 0 spiro atoms. The number of ether oxygens (including phenoxy) is 1. The van der Waals surface area contributed by atoms with E-state index in [2.05, 4.69) is 5.32 Å². The van der Waals surface area contributed by atoms with Crippen LogP contribution in [0.25, 0.3) is 0 Å². The molecule has 0 radical (unpaired) electrons. The van der Waals surface area contributed by atoms with E-state index >= 15 is 0 Å². The number of nitrogen functional groups attached to an aromatic ring is 1. The predicted molar refractivity (Wildman–Crippen MR) is 86.6 cm³/mol. The molecule has 0 bridgehead atoms. The summed E-state index contributed by atoms with van der Waals surface area (Å²) >= 11 is 0. The number of carbonyl (C=O) groups is 1. The van der Waals surface area contributed by atoms with E-state index in [1.165, 1.54) is 37.3 Å². The Labute approximate surface area is 134 Å². The summed E-state index contributed by atoms with van der Waals surface area (Å²) in [4.78, 5) is 11.0. The van der Waals surface area contributed by atoms with E-state index in [1.807, 2.05) is 0 Å². The number of benzene rings is 2. The lowest BCUT2D eigenvalue weighted by Crippen LogP contribution is -2.18. The van der Waals surface area contributed by atoms with Gasteiger partial charge in [-0.3, -0.25) is 4.79 Å². The van der Waals surface area contributed by atoms with Crippen LogP contribution in [-0.4, -0.2) is 20.3 Å². The van der Waals surface area contributed by atoms with Crippen molar-refractivity contribution in [2.75, 3.05) is 17.0 Å². The highest BCUT2D eigenvalue weighted by Gasteiger charge is 2.14. The minimum absolute atomic E-state index is 0.205. The number of hydrogen-bond acceptors (Lipinski definition) is 6. The molecule has 7 nitrogen and oxygen atoms in total. The van der Waals surface area contributed by atoms with E-state index in [0.717, 1.165) is 0 Å². The number of hydrogen-bond donors (Lipinski definition) is 2. The van der Waals surface area contributed by atoms with E-state index in [1.54, 1.807) is 18.2 Å². The van der Waals surface area contributed by atoms with E-state index in [-0.39, 0.29) is 23.1 Å². The molecule has 0 aliphatic heterocycles. The van der Waals surface area contributed by atoms with E-state index in [9.17, 15) is 13.2 Å². The molecule has 0 heterocycles. The molecule has 23 heavy (non-hydrogen) atoms. The van der Waals surface area contributed by atoms with Gasteiger partial charge in [-0.1, -0.05) is 18.2 Å². The van der Waals surface area contributed by atoms with Crippen molar-refractivity contribution in [2.45, 2.75) is 6.92 Å². The van der Waals surface area contributed by atoms with Crippen LogP contribution in [0.3, 0.4) is 0 Å². The van der Waals surface area contributed by atoms with Gasteiger partial charge in [-0.05, 0) is 24.3 Å². The molecule has 8 heteroatoms. The van der Waals surface area contributed by atoms with Crippen molar-refractivity contribution < 1.29 is 22.1 Å². The molecular weight excluding hydrogens is 320 g/mol. The number of nitrogens with one attached hydrogen (secondary N) is 1. The molecule has 2 rings (SSSR count). The smallest absolute Gasteiger partial charge is 0.344 e. The minimum atomic E-state index is -3.91. The predicted octanol–water partition coefficient (Wildman–Crippen LogP) is 1.97. The highest BCUT2D eigenvalue weighted by atomic mass is 32.2. The van der Waals surface area contributed by atoms with Gasteiger partial charge < -0.3 is 20.0 Å². The summed E-state index contributed by atoms with van der Waals surface area (Å²) in [5.41, 5.74) is 6.44. The normalized spacial score (nSPS) is 10.8. The van der Waals surface area contributed by atoms with Crippen LogP contribution < -0.4 is 20.0 Å². The van der Waals surface area contributed by atoms with Gasteiger partial charge in [0.25, 0.3) is 0 Å². The van der Waals surface area contributed by atoms with Crippen molar-refractivity contribution in [3.63, 3.8) is 0 Å². The zero-order valence-corrected chi connectivity index (χ0v) is 13.2. The summed E-state index contributed by atoms with van der Waals surface area (Å²) in [5.74, 6) is -0.474. The number of nitrogens with two attached hydrogens (primary N) is 1. The second kappa shape index (κ2) is 7.01. The number of amides is 1. The third-order valence-corrected chi connectivity index (χ3v) is 3.52. The third kappa shape index (κ3) is 5.19. The van der Waals surface area contributed by atoms with Crippen molar-refractivity contribution in [1.82, 2.24) is 0 Å². The maximum Gasteiger partial charge on any atom is 0.344 e. The Morgan fingerprint density at radius 3 is 2.43 bits per heavy atom. The quantitative estimate of drug-likeness (QED) is 0.617. The third-order valence-electron chi connectivity index (χ3n) is 2.67. The zero-order chi connectivity index (χ0) is 16.9. The Bertz CT molecular complexity index is 791. The second-order valence-electron chi connectivity index (χ2n) is 4.65. The SMILES string of the molecule is CC(=O)Nc1ccc(OCS(=O)(=O)Oc2ccccc2)cc1N. The van der Waals surface area contributed by atoms with E-state index in [4.69, 9.17) is 14.7 Å². The van der Waals surface area contributed by atoms with Gasteiger partial charge in [-0.15, -0.1) is 0 Å². The van der Waals surface area contributed by atoms with Gasteiger partial charge in [0, 0.05) is 13.0 Å². The molecule has 2 aromatic rings. The average molecular weight is 336 g/mol. The Kier molecular flexibility index (Phi) is 5.07. The first-order valence-corrected chi connectivity index (χ1v) is 8.20. The molecule has 0 saturated carbocycles. The lowest BCUT2D eigenvalue weighted by molar-refractivity contribution is -0.114. The summed E-state index contributed by atoms with van der Waals surface area (Å²) in [7, 11) is -3.91. The van der Waals surface area contributed by atoms with Crippen molar-refractivity contribution >= 4 is 27.4 Å². The maximum atomic E-state index is 11.8. The van der Waals surface area contributed by atoms with Gasteiger partial charge >= 0.3 is 10.1 Å². The molecule has 0 saturated heterocycles. The summed E-state index contributed by atoms with van der Waals surface area (Å²) < 4.78 is 33.7. The lowest BCUT2D eigenvalue weighted by Gasteiger charge is -2.11. The lowest BCUT2D eigenvalue weighted by atomic mass is 10.2. The summed E-state index contributed by atoms with van der Waals surface area (Å²) in [5, 5.41) is 2.54. The van der Waals surface area contributed by atoms with Crippen LogP contribution in [0.5, 0.6) is 11.5 Å². The minimum Gasteiger partial charge on any atom is -0.474 e. The van der Waals surface area contributed by atoms with Gasteiger partial charge in [-0.2, -0.15) is 8.42 Å². The number of para-hydroxylation sites is 1. The van der Waals surface area contributed by atoms with Crippen LogP contribution in [0, 0.1) is 0 Å². The Morgan fingerprint density at radius 1 is 1.13 bits per heavy atom. The maximum absolute atomic E-state index is 11.8. The fourth-order valence-electron chi connectivity index (χ4n) is 1.72. The van der Waals surface area contributed by atoms with Gasteiger partial charge in [-0.25, -0.2) is 0 Å². The monoisotopic (exact) mass is 336 g/mol. The molecule has 122 valence electrons. The van der Waals surface area contributed by atoms with Gasteiger partial charge in [0.15, 0.2) is 0 Å². The molecule has 1 amide bonds. The summed E-state index contributed by atoms with van der Waals surface area (Å²) in [6, 6.07) is 12.6. The molecule has 0 aliphatic carbocycles. The van der Waals surface area contributed by atoms with Crippen LogP contribution >= 0.6 is 0 Å². The first kappa shape index (κ1) is 16.6. The molecule has 3 N–H and O–H groups in total. The fraction of sp³-hybridized carbons (Fsp3) is 0.133. The van der Waals surface area contributed by atoms with E-state index < -0.39 is 16.1 Å². The Balaban J connectivity index is 2.00. The number of anilines is 2. The van der Waals surface area contributed by atoms with Crippen molar-refractivity contribution in [3.05, 3.63) is 48.5 Å². The van der Waals surface area contributed by atoms with E-state index in [0.29, 0.717) is 5.69 Å². The topological polar surface area (TPSA) is 108 Å². The molecule has 0 atom stereocenters. The van der Waals surface area contributed by atoms with Crippen LogP contribution in [0.4, 0.5) is 11.4 Å². The van der Waals surface area contributed by atoms with Crippen molar-refractivity contribution in [3.8, 4) is 11.5 Å². The summed E-state index contributed by atoms with van der Waals surface area (Å²) in [6.07, 6.45) is 0. The summed E-state index contributed by atoms with van der Waals surface area (Å²) in [6.45, 7) is 1.36. The standard InChI is InChI=1S/C15H16N2O5S/c1-11(18)17-15-8-7-13(9-14(15)16)21-10-23(19,20)22-12-5-3-2-4-6-12/h2-9H,10,16H2,1H3,(H,17,18). The highest BCUT2D eigenvalue weighted by Crippen LogP contribution is 2.24. The molecule has 0 unspecified atom stereocenters. The fourth-order valence-corrected chi connectivity index (χ4v) is 2.45. The first-order valence-electron chi connectivity index (χ1n) is 6.63. The van der Waals surface area contributed by atoms with Gasteiger partial charge in [0.1, 0.15) is 11.5 Å². The van der Waals surface area contributed by atoms with Crippen molar-refractivity contribution in [2.24, 2.45) is 0 Å². The van der Waals surface area contributed by atoms with Crippen molar-refractivity contribution in [1.29, 1.82) is 0 Å². The zero-order valence-electron chi connectivity index (χ0n) is 12.4. The largest absolute Gasteiger partial charge is 0.474 e. The number of carbonyl (C=O) groups excluding carboxylic acids is 1. The highest BCUT2D eigenvalue weighted by molar-refractivity contribution is 7.86. The van der Waals surface area contributed by atoms with Gasteiger partial charge in [0.05, 0.1) is 11.4 Å². The molecule has 0 fully saturated rings. The van der Waals surface area contributed by atoms with Gasteiger partial charge in [0.2, 0.25) is 11.8 Å². The number of rotatable bonds is 6. The van der Waals surface area contributed by atoms with Crippen LogP contribution in [-0.2, 0) is 14.9 Å². The molecule has 2 aromatic carbocycles. The molecule has 0 aromatic heterocycles. The second-order valence-corrected chi connectivity index (χ2v) is 6.16. The van der Waals surface area contributed by atoms with Crippen LogP contribution in [0.15, 0.2) is 48.5 Å². The first-order chi connectivity index (χ1) is 10.9. The average Bonchev–Trinajstić information content (AvgIpc) is 2.48. The Morgan fingerprint density at radius 2 is 1.83 bits per heavy atom. The van der Waals surface area contributed by atoms with Crippen LogP contribution in [0.1, 0.15) is 6.92 Å². The Hall–Kier alpha value is -2.74.